The first-order valence-corrected chi connectivity index (χ1v) is 5.64. The molecule has 0 amide bonds. The first-order valence-electron chi connectivity index (χ1n) is 5.64. The summed E-state index contributed by atoms with van der Waals surface area (Å²) in [5, 5.41) is 6.69. The van der Waals surface area contributed by atoms with Crippen LogP contribution in [-0.2, 0) is 5.41 Å². The van der Waals surface area contributed by atoms with Crippen LogP contribution in [0.1, 0.15) is 32.8 Å². The van der Waals surface area contributed by atoms with E-state index in [-0.39, 0.29) is 11.4 Å². The molecule has 0 aliphatic rings. The molecule has 0 aliphatic heterocycles. The highest BCUT2D eigenvalue weighted by Gasteiger charge is 2.21. The summed E-state index contributed by atoms with van der Waals surface area (Å²) in [6, 6.07) is 10.4. The van der Waals surface area contributed by atoms with Gasteiger partial charge in [0, 0.05) is 0 Å². The molecule has 0 saturated carbocycles. The number of nitrogens with zero attached hydrogens (tertiary/aromatic N) is 1. The van der Waals surface area contributed by atoms with Crippen molar-refractivity contribution in [3.63, 3.8) is 0 Å². The summed E-state index contributed by atoms with van der Waals surface area (Å²) in [5.41, 5.74) is 12.9. The third-order valence-corrected chi connectivity index (χ3v) is 2.63. The van der Waals surface area contributed by atoms with Gasteiger partial charge in [-0.3, -0.25) is 11.5 Å². The maximum Gasteiger partial charge on any atom is 0.362 e. The Morgan fingerprint density at radius 2 is 1.82 bits per heavy atom. The Hall–Kier alpha value is -1.84. The molecule has 17 heavy (non-hydrogen) atoms. The molecule has 0 bridgehead atoms. The van der Waals surface area contributed by atoms with Crippen LogP contribution in [0.2, 0.25) is 0 Å². The second kappa shape index (κ2) is 5.48. The molecular formula is C13H21N4+. The number of nitrogens with one attached hydrogen (secondary N) is 1. The minimum Gasteiger partial charge on any atom is -0.289 e. The van der Waals surface area contributed by atoms with E-state index >= 15 is 0 Å². The Labute approximate surface area is 102 Å². The van der Waals surface area contributed by atoms with Crippen molar-refractivity contribution in [3.8, 4) is 0 Å². The second-order valence-corrected chi connectivity index (χ2v) is 4.84. The summed E-state index contributed by atoms with van der Waals surface area (Å²) in [4.78, 5) is 0. The van der Waals surface area contributed by atoms with Crippen LogP contribution in [0.5, 0.6) is 0 Å². The number of hydrogen-bond acceptors (Lipinski definition) is 1. The van der Waals surface area contributed by atoms with Crippen LogP contribution in [-0.4, -0.2) is 11.7 Å². The zero-order valence-electron chi connectivity index (χ0n) is 10.7. The molecule has 1 rings (SSSR count). The molecule has 4 heteroatoms. The summed E-state index contributed by atoms with van der Waals surface area (Å²) in [6.45, 7) is 6.34. The molecule has 0 unspecified atom stereocenters. The van der Waals surface area contributed by atoms with Crippen molar-refractivity contribution >= 4 is 11.7 Å². The fourth-order valence-corrected chi connectivity index (χ4v) is 1.83. The molecule has 0 atom stereocenters. The Balaban J connectivity index is 2.80. The molecule has 4 nitrogen and oxygen atoms in total. The monoisotopic (exact) mass is 233 g/mol. The van der Waals surface area contributed by atoms with E-state index in [1.54, 1.807) is 0 Å². The van der Waals surface area contributed by atoms with Gasteiger partial charge in [-0.25, -0.2) is 0 Å². The van der Waals surface area contributed by atoms with Crippen LogP contribution in [0.4, 0.5) is 0 Å². The lowest BCUT2D eigenvalue weighted by Crippen LogP contribution is -2.72. The van der Waals surface area contributed by atoms with Gasteiger partial charge in [0.15, 0.2) is 0 Å². The first-order chi connectivity index (χ1) is 7.92. The lowest BCUT2D eigenvalue weighted by molar-refractivity contribution is -0.464. The fraction of sp³-hybridized carbons (Fsp3) is 0.385. The standard InChI is InChI=1S/C13H20N4/c1-10(16-17-12(14)15)9-13(2,3)11-7-5-4-6-8-11/h4-8H,9H2,1-3H3,(H4,14,15,17)/p+1/b16-10-. The number of rotatable bonds is 4. The lowest BCUT2D eigenvalue weighted by Gasteiger charge is -2.24. The van der Waals surface area contributed by atoms with E-state index < -0.39 is 0 Å². The van der Waals surface area contributed by atoms with Gasteiger partial charge >= 0.3 is 5.96 Å². The lowest BCUT2D eigenvalue weighted by atomic mass is 9.80. The zero-order chi connectivity index (χ0) is 12.9. The third kappa shape index (κ3) is 4.26. The van der Waals surface area contributed by atoms with Crippen LogP contribution < -0.4 is 16.6 Å². The molecule has 92 valence electrons. The fourth-order valence-electron chi connectivity index (χ4n) is 1.83. The van der Waals surface area contributed by atoms with Crippen molar-refractivity contribution in [2.45, 2.75) is 32.6 Å². The van der Waals surface area contributed by atoms with E-state index in [1.807, 2.05) is 25.1 Å². The highest BCUT2D eigenvalue weighted by molar-refractivity contribution is 5.82. The van der Waals surface area contributed by atoms with Gasteiger partial charge in [0.05, 0.1) is 5.71 Å². The predicted molar refractivity (Wildman–Crippen MR) is 71.5 cm³/mol. The highest BCUT2D eigenvalue weighted by Crippen LogP contribution is 2.26. The molecule has 0 spiro atoms. The smallest absolute Gasteiger partial charge is 0.289 e. The number of guanidine groups is 1. The van der Waals surface area contributed by atoms with E-state index in [0.717, 1.165) is 12.1 Å². The molecule has 0 aromatic heterocycles. The molecule has 0 radical (unpaired) electrons. The highest BCUT2D eigenvalue weighted by atomic mass is 15.3. The van der Waals surface area contributed by atoms with Crippen molar-refractivity contribution in [2.24, 2.45) is 16.6 Å². The van der Waals surface area contributed by atoms with Crippen LogP contribution in [0.15, 0.2) is 35.4 Å². The summed E-state index contributed by atoms with van der Waals surface area (Å²) < 4.78 is 0. The van der Waals surface area contributed by atoms with E-state index in [4.69, 9.17) is 11.5 Å². The first kappa shape index (κ1) is 13.2. The van der Waals surface area contributed by atoms with Gasteiger partial charge in [-0.05, 0) is 24.3 Å². The van der Waals surface area contributed by atoms with Gasteiger partial charge in [0.1, 0.15) is 0 Å². The summed E-state index contributed by atoms with van der Waals surface area (Å²) in [7, 11) is 0. The number of benzene rings is 1. The average Bonchev–Trinajstić information content (AvgIpc) is 2.27. The second-order valence-electron chi connectivity index (χ2n) is 4.84. The van der Waals surface area contributed by atoms with Gasteiger partial charge in [-0.15, -0.1) is 5.10 Å². The van der Waals surface area contributed by atoms with Crippen LogP contribution >= 0.6 is 0 Å². The topological polar surface area (TPSA) is 78.4 Å². The summed E-state index contributed by atoms with van der Waals surface area (Å²) in [5.74, 6) is 0.113. The van der Waals surface area contributed by atoms with E-state index in [9.17, 15) is 0 Å². The minimum atomic E-state index is 0.0416. The average molecular weight is 233 g/mol. The SMILES string of the molecule is C/C(CC(C)(C)c1ccccc1)=N/[NH+]=C(N)N. The maximum absolute atomic E-state index is 5.29. The Bertz CT molecular complexity index is 414. The van der Waals surface area contributed by atoms with Gasteiger partial charge in [0.2, 0.25) is 0 Å². The normalized spacial score (nSPS) is 12.3. The Morgan fingerprint density at radius 1 is 1.24 bits per heavy atom. The third-order valence-electron chi connectivity index (χ3n) is 2.63. The number of nitrogens with two attached hydrogens (primary N) is 2. The van der Waals surface area contributed by atoms with Crippen molar-refractivity contribution in [2.75, 3.05) is 0 Å². The zero-order valence-corrected chi connectivity index (χ0v) is 10.7. The minimum absolute atomic E-state index is 0.0416. The number of hydrazone groups is 1. The summed E-state index contributed by atoms with van der Waals surface area (Å²) >= 11 is 0. The van der Waals surface area contributed by atoms with Crippen LogP contribution in [0.25, 0.3) is 0 Å². The quantitative estimate of drug-likeness (QED) is 0.391. The predicted octanol–water partition coefficient (Wildman–Crippen LogP) is 0.0842. The molecule has 5 N–H and O–H groups in total. The van der Waals surface area contributed by atoms with E-state index in [2.05, 4.69) is 36.2 Å². The molecule has 0 heterocycles. The van der Waals surface area contributed by atoms with Gasteiger partial charge in [0.25, 0.3) is 0 Å². The Morgan fingerprint density at radius 3 is 2.35 bits per heavy atom. The van der Waals surface area contributed by atoms with Crippen molar-refractivity contribution < 1.29 is 5.10 Å². The molecule has 1 aromatic carbocycles. The summed E-state index contributed by atoms with van der Waals surface area (Å²) in [6.07, 6.45) is 0.845. The van der Waals surface area contributed by atoms with Crippen LogP contribution in [0, 0.1) is 0 Å². The molecule has 0 saturated heterocycles. The largest absolute Gasteiger partial charge is 0.362 e. The van der Waals surface area contributed by atoms with Gasteiger partial charge in [-0.2, -0.15) is 5.10 Å². The van der Waals surface area contributed by atoms with Crippen molar-refractivity contribution in [1.82, 2.24) is 0 Å². The van der Waals surface area contributed by atoms with Crippen molar-refractivity contribution in [3.05, 3.63) is 35.9 Å². The van der Waals surface area contributed by atoms with Gasteiger partial charge < -0.3 is 0 Å². The Kier molecular flexibility index (Phi) is 4.26. The van der Waals surface area contributed by atoms with Crippen molar-refractivity contribution in [1.29, 1.82) is 0 Å². The van der Waals surface area contributed by atoms with Gasteiger partial charge in [-0.1, -0.05) is 44.2 Å². The molecule has 1 aromatic rings. The maximum atomic E-state index is 5.29. The molecular weight excluding hydrogens is 212 g/mol. The molecule has 0 aliphatic carbocycles. The molecule has 0 fully saturated rings. The van der Waals surface area contributed by atoms with E-state index in [0.29, 0.717) is 0 Å². The van der Waals surface area contributed by atoms with E-state index in [1.165, 1.54) is 5.56 Å². The number of hydrogen-bond donors (Lipinski definition) is 3. The van der Waals surface area contributed by atoms with Crippen LogP contribution in [0.3, 0.4) is 0 Å².